The van der Waals surface area contributed by atoms with Gasteiger partial charge in [0.15, 0.2) is 5.16 Å². The summed E-state index contributed by atoms with van der Waals surface area (Å²) in [6.45, 7) is 4.19. The molecule has 1 aromatic heterocycles. The summed E-state index contributed by atoms with van der Waals surface area (Å²) in [5.74, 6) is 0.501. The Labute approximate surface area is 99.1 Å². The molecular formula is C12H13N3S. The van der Waals surface area contributed by atoms with E-state index < -0.39 is 0 Å². The normalized spacial score (nSPS) is 10.4. The number of aromatic nitrogens is 2. The van der Waals surface area contributed by atoms with Gasteiger partial charge in [0.2, 0.25) is 0 Å². The van der Waals surface area contributed by atoms with Crippen LogP contribution in [0.3, 0.4) is 0 Å². The summed E-state index contributed by atoms with van der Waals surface area (Å²) < 4.78 is 0. The lowest BCUT2D eigenvalue weighted by atomic mass is 10.1. The highest BCUT2D eigenvalue weighted by molar-refractivity contribution is 7.99. The number of nitrogens with two attached hydrogens (primary N) is 1. The van der Waals surface area contributed by atoms with Crippen LogP contribution >= 0.6 is 11.8 Å². The van der Waals surface area contributed by atoms with E-state index in [1.165, 1.54) is 22.9 Å². The van der Waals surface area contributed by atoms with Crippen LogP contribution in [0.5, 0.6) is 0 Å². The van der Waals surface area contributed by atoms with Crippen LogP contribution < -0.4 is 5.73 Å². The van der Waals surface area contributed by atoms with E-state index in [-0.39, 0.29) is 0 Å². The third-order valence-corrected chi connectivity index (χ3v) is 3.21. The third-order valence-electron chi connectivity index (χ3n) is 2.34. The fraction of sp³-hybridized carbons (Fsp3) is 0.167. The van der Waals surface area contributed by atoms with Gasteiger partial charge in [-0.15, -0.1) is 0 Å². The van der Waals surface area contributed by atoms with Crippen molar-refractivity contribution >= 4 is 17.6 Å². The molecule has 82 valence electrons. The van der Waals surface area contributed by atoms with E-state index in [4.69, 9.17) is 5.73 Å². The first kappa shape index (κ1) is 11.0. The zero-order valence-electron chi connectivity index (χ0n) is 9.27. The van der Waals surface area contributed by atoms with Gasteiger partial charge in [0.1, 0.15) is 5.82 Å². The number of aryl methyl sites for hydroxylation is 2. The highest BCUT2D eigenvalue weighted by Crippen LogP contribution is 2.26. The molecule has 0 radical (unpaired) electrons. The van der Waals surface area contributed by atoms with Gasteiger partial charge in [-0.2, -0.15) is 0 Å². The Morgan fingerprint density at radius 2 is 1.94 bits per heavy atom. The first-order chi connectivity index (χ1) is 7.65. The molecule has 4 heteroatoms. The standard InChI is InChI=1S/C12H13N3S/c1-8-3-4-10(7-9(8)2)16-12-14-6-5-11(13)15-12/h3-7H,1-2H3,(H2,13,14,15). The quantitative estimate of drug-likeness (QED) is 0.807. The number of rotatable bonds is 2. The van der Waals surface area contributed by atoms with Crippen molar-refractivity contribution in [2.45, 2.75) is 23.9 Å². The van der Waals surface area contributed by atoms with E-state index in [0.717, 1.165) is 4.90 Å². The van der Waals surface area contributed by atoms with Crippen molar-refractivity contribution in [1.29, 1.82) is 0 Å². The zero-order chi connectivity index (χ0) is 11.5. The van der Waals surface area contributed by atoms with E-state index in [9.17, 15) is 0 Å². The summed E-state index contributed by atoms with van der Waals surface area (Å²) in [6.07, 6.45) is 1.67. The lowest BCUT2D eigenvalue weighted by molar-refractivity contribution is 0.975. The number of benzene rings is 1. The predicted octanol–water partition coefficient (Wildman–Crippen LogP) is 2.83. The van der Waals surface area contributed by atoms with Crippen LogP contribution in [0.1, 0.15) is 11.1 Å². The van der Waals surface area contributed by atoms with Gasteiger partial charge in [0.05, 0.1) is 0 Å². The largest absolute Gasteiger partial charge is 0.384 e. The summed E-state index contributed by atoms with van der Waals surface area (Å²) in [7, 11) is 0. The highest BCUT2D eigenvalue weighted by atomic mass is 32.2. The maximum absolute atomic E-state index is 5.60. The third kappa shape index (κ3) is 2.52. The van der Waals surface area contributed by atoms with Crippen molar-refractivity contribution in [1.82, 2.24) is 9.97 Å². The molecule has 0 aliphatic heterocycles. The molecule has 0 aliphatic rings. The van der Waals surface area contributed by atoms with Gasteiger partial charge in [-0.25, -0.2) is 9.97 Å². The molecular weight excluding hydrogens is 218 g/mol. The number of nitrogen functional groups attached to an aromatic ring is 1. The molecule has 0 aliphatic carbocycles. The van der Waals surface area contributed by atoms with Crippen LogP contribution in [0.25, 0.3) is 0 Å². The van der Waals surface area contributed by atoms with E-state index in [1.54, 1.807) is 12.3 Å². The molecule has 0 amide bonds. The van der Waals surface area contributed by atoms with Crippen LogP contribution in [-0.4, -0.2) is 9.97 Å². The van der Waals surface area contributed by atoms with Crippen LogP contribution in [0.2, 0.25) is 0 Å². The molecule has 3 nitrogen and oxygen atoms in total. The molecule has 0 saturated heterocycles. The van der Waals surface area contributed by atoms with Crippen LogP contribution in [0.15, 0.2) is 40.5 Å². The predicted molar refractivity (Wildman–Crippen MR) is 66.5 cm³/mol. The fourth-order valence-corrected chi connectivity index (χ4v) is 2.13. The average molecular weight is 231 g/mol. The second-order valence-electron chi connectivity index (χ2n) is 3.61. The molecule has 1 aromatic carbocycles. The van der Waals surface area contributed by atoms with Crippen LogP contribution in [0, 0.1) is 13.8 Å². The van der Waals surface area contributed by atoms with Gasteiger partial charge in [-0.3, -0.25) is 0 Å². The molecule has 1 heterocycles. The Hall–Kier alpha value is -1.55. The Balaban J connectivity index is 2.24. The second kappa shape index (κ2) is 4.53. The van der Waals surface area contributed by atoms with Crippen molar-refractivity contribution in [2.75, 3.05) is 5.73 Å². The molecule has 2 N–H and O–H groups in total. The Morgan fingerprint density at radius 1 is 1.12 bits per heavy atom. The minimum atomic E-state index is 0.501. The Kier molecular flexibility index (Phi) is 3.10. The smallest absolute Gasteiger partial charge is 0.194 e. The molecule has 0 atom stereocenters. The molecule has 0 unspecified atom stereocenters. The fourth-order valence-electron chi connectivity index (χ4n) is 1.29. The second-order valence-corrected chi connectivity index (χ2v) is 4.65. The number of hydrogen-bond donors (Lipinski definition) is 1. The van der Waals surface area contributed by atoms with Crippen molar-refractivity contribution < 1.29 is 0 Å². The Morgan fingerprint density at radius 3 is 2.62 bits per heavy atom. The minimum absolute atomic E-state index is 0.501. The summed E-state index contributed by atoms with van der Waals surface area (Å²) in [5, 5.41) is 0.684. The van der Waals surface area contributed by atoms with Gasteiger partial charge in [-0.1, -0.05) is 6.07 Å². The lowest BCUT2D eigenvalue weighted by Gasteiger charge is -2.04. The lowest BCUT2D eigenvalue weighted by Crippen LogP contribution is -1.93. The SMILES string of the molecule is Cc1ccc(Sc2nccc(N)n2)cc1C. The molecule has 0 spiro atoms. The maximum atomic E-state index is 5.60. The van der Waals surface area contributed by atoms with Gasteiger partial charge < -0.3 is 5.73 Å². The topological polar surface area (TPSA) is 51.8 Å². The highest BCUT2D eigenvalue weighted by Gasteiger charge is 2.02. The van der Waals surface area contributed by atoms with Crippen molar-refractivity contribution in [3.63, 3.8) is 0 Å². The van der Waals surface area contributed by atoms with Crippen LogP contribution in [-0.2, 0) is 0 Å². The first-order valence-electron chi connectivity index (χ1n) is 4.99. The van der Waals surface area contributed by atoms with Gasteiger partial charge in [0, 0.05) is 11.1 Å². The zero-order valence-corrected chi connectivity index (χ0v) is 10.1. The van der Waals surface area contributed by atoms with Gasteiger partial charge in [0.25, 0.3) is 0 Å². The maximum Gasteiger partial charge on any atom is 0.194 e. The molecule has 2 aromatic rings. The van der Waals surface area contributed by atoms with Crippen LogP contribution in [0.4, 0.5) is 5.82 Å². The summed E-state index contributed by atoms with van der Waals surface area (Å²) in [5.41, 5.74) is 8.16. The molecule has 0 bridgehead atoms. The summed E-state index contributed by atoms with van der Waals surface area (Å²) in [6, 6.07) is 7.99. The molecule has 2 rings (SSSR count). The molecule has 0 fully saturated rings. The summed E-state index contributed by atoms with van der Waals surface area (Å²) >= 11 is 1.52. The van der Waals surface area contributed by atoms with E-state index in [1.807, 2.05) is 0 Å². The molecule has 16 heavy (non-hydrogen) atoms. The van der Waals surface area contributed by atoms with Gasteiger partial charge in [-0.05, 0) is 54.9 Å². The first-order valence-corrected chi connectivity index (χ1v) is 5.80. The monoisotopic (exact) mass is 231 g/mol. The van der Waals surface area contributed by atoms with Crippen molar-refractivity contribution in [2.24, 2.45) is 0 Å². The van der Waals surface area contributed by atoms with E-state index >= 15 is 0 Å². The Bertz CT molecular complexity index is 511. The number of nitrogens with zero attached hydrogens (tertiary/aromatic N) is 2. The van der Waals surface area contributed by atoms with E-state index in [0.29, 0.717) is 11.0 Å². The number of anilines is 1. The average Bonchev–Trinajstić information content (AvgIpc) is 2.24. The van der Waals surface area contributed by atoms with Crippen molar-refractivity contribution in [3.8, 4) is 0 Å². The number of hydrogen-bond acceptors (Lipinski definition) is 4. The van der Waals surface area contributed by atoms with Gasteiger partial charge >= 0.3 is 0 Å². The minimum Gasteiger partial charge on any atom is -0.384 e. The van der Waals surface area contributed by atoms with E-state index in [2.05, 4.69) is 42.0 Å². The van der Waals surface area contributed by atoms with Crippen molar-refractivity contribution in [3.05, 3.63) is 41.6 Å². The molecule has 0 saturated carbocycles. The summed E-state index contributed by atoms with van der Waals surface area (Å²) in [4.78, 5) is 9.44.